The number of nitrogens with zero attached hydrogens (tertiary/aromatic N) is 3. The number of hydrogen-bond donors (Lipinski definition) is 0. The first-order valence-electron chi connectivity index (χ1n) is 9.50. The van der Waals surface area contributed by atoms with Crippen molar-refractivity contribution in [3.63, 3.8) is 0 Å². The van der Waals surface area contributed by atoms with Gasteiger partial charge in [-0.05, 0) is 53.7 Å². The summed E-state index contributed by atoms with van der Waals surface area (Å²) in [4.78, 5) is 33.8. The topological polar surface area (TPSA) is 62.2 Å². The summed E-state index contributed by atoms with van der Waals surface area (Å²) in [6.45, 7) is 2.28. The zero-order valence-corrected chi connectivity index (χ0v) is 17.9. The van der Waals surface area contributed by atoms with Gasteiger partial charge < -0.3 is 9.64 Å². The Morgan fingerprint density at radius 2 is 1.90 bits per heavy atom. The van der Waals surface area contributed by atoms with Crippen molar-refractivity contribution in [3.05, 3.63) is 69.6 Å². The summed E-state index contributed by atoms with van der Waals surface area (Å²) in [5, 5.41) is 1.21. The molecule has 6 nitrogen and oxygen atoms in total. The van der Waals surface area contributed by atoms with E-state index in [0.717, 1.165) is 5.56 Å². The molecule has 0 aliphatic carbocycles. The van der Waals surface area contributed by atoms with Gasteiger partial charge in [0, 0.05) is 30.7 Å². The van der Waals surface area contributed by atoms with E-state index in [1.807, 2.05) is 24.3 Å². The molecule has 2 heterocycles. The van der Waals surface area contributed by atoms with Gasteiger partial charge in [-0.15, -0.1) is 0 Å². The molecule has 2 fully saturated rings. The predicted octanol–water partition coefficient (Wildman–Crippen LogP) is 4.05. The second-order valence-corrected chi connectivity index (χ2v) is 8.32. The number of benzene rings is 2. The summed E-state index contributed by atoms with van der Waals surface area (Å²) < 4.78 is 5.31. The van der Waals surface area contributed by atoms with Crippen LogP contribution in [0.1, 0.15) is 15.9 Å². The van der Waals surface area contributed by atoms with Crippen molar-refractivity contribution in [2.75, 3.05) is 33.4 Å². The highest BCUT2D eigenvalue weighted by Crippen LogP contribution is 2.33. The van der Waals surface area contributed by atoms with Crippen molar-refractivity contribution in [3.8, 4) is 0 Å². The number of thioether (sulfide) groups is 1. The lowest BCUT2D eigenvalue weighted by atomic mass is 10.1. The number of aliphatic imine (C=N–C) groups is 1. The summed E-state index contributed by atoms with van der Waals surface area (Å²) in [6, 6.07) is 14.5. The SMILES string of the molecule is CN1C(=O)/C(=C\c2ccc(Cl)cc2)SC1=Nc1cccc(C(=O)N2CCOCC2)c1. The minimum absolute atomic E-state index is 0.0350. The number of carbonyl (C=O) groups excluding carboxylic acids is 2. The summed E-state index contributed by atoms with van der Waals surface area (Å²) in [5.41, 5.74) is 2.10. The number of hydrogen-bond acceptors (Lipinski definition) is 5. The van der Waals surface area contributed by atoms with Crippen LogP contribution >= 0.6 is 23.4 Å². The van der Waals surface area contributed by atoms with Crippen molar-refractivity contribution in [1.29, 1.82) is 0 Å². The summed E-state index contributed by atoms with van der Waals surface area (Å²) >= 11 is 7.23. The Balaban J connectivity index is 1.55. The Morgan fingerprint density at radius 3 is 2.63 bits per heavy atom. The third-order valence-electron chi connectivity index (χ3n) is 4.79. The molecule has 0 N–H and O–H groups in total. The molecule has 154 valence electrons. The van der Waals surface area contributed by atoms with Crippen molar-refractivity contribution < 1.29 is 14.3 Å². The second kappa shape index (κ2) is 9.04. The quantitative estimate of drug-likeness (QED) is 0.674. The fraction of sp³-hybridized carbons (Fsp3) is 0.227. The Hall–Kier alpha value is -2.61. The maximum Gasteiger partial charge on any atom is 0.266 e. The summed E-state index contributed by atoms with van der Waals surface area (Å²) in [6.07, 6.45) is 1.82. The Kier molecular flexibility index (Phi) is 6.22. The van der Waals surface area contributed by atoms with E-state index in [2.05, 4.69) is 4.99 Å². The average Bonchev–Trinajstić information content (AvgIpc) is 3.03. The number of amides is 2. The molecule has 0 saturated carbocycles. The van der Waals surface area contributed by atoms with Gasteiger partial charge in [0.2, 0.25) is 0 Å². The Morgan fingerprint density at radius 1 is 1.17 bits per heavy atom. The first kappa shape index (κ1) is 20.7. The molecule has 2 aromatic rings. The zero-order valence-electron chi connectivity index (χ0n) is 16.4. The molecule has 2 aliphatic heterocycles. The molecule has 2 amide bonds. The van der Waals surface area contributed by atoms with Crippen molar-refractivity contribution in [2.45, 2.75) is 0 Å². The largest absolute Gasteiger partial charge is 0.378 e. The number of halogens is 1. The third-order valence-corrected chi connectivity index (χ3v) is 6.10. The molecule has 0 bridgehead atoms. The van der Waals surface area contributed by atoms with E-state index < -0.39 is 0 Å². The second-order valence-electron chi connectivity index (χ2n) is 6.88. The predicted molar refractivity (Wildman–Crippen MR) is 120 cm³/mol. The molecule has 2 saturated heterocycles. The maximum atomic E-state index is 12.7. The number of amidine groups is 1. The van der Waals surface area contributed by atoms with E-state index >= 15 is 0 Å². The van der Waals surface area contributed by atoms with Gasteiger partial charge in [0.15, 0.2) is 5.17 Å². The van der Waals surface area contributed by atoms with Gasteiger partial charge in [-0.3, -0.25) is 14.5 Å². The molecule has 0 spiro atoms. The van der Waals surface area contributed by atoms with E-state index in [4.69, 9.17) is 16.3 Å². The Bertz CT molecular complexity index is 1030. The number of ether oxygens (including phenoxy) is 1. The Labute approximate surface area is 184 Å². The van der Waals surface area contributed by atoms with Gasteiger partial charge in [-0.1, -0.05) is 29.8 Å². The third kappa shape index (κ3) is 4.59. The van der Waals surface area contributed by atoms with Crippen LogP contribution in [0.4, 0.5) is 5.69 Å². The van der Waals surface area contributed by atoms with Crippen LogP contribution in [0.5, 0.6) is 0 Å². The van der Waals surface area contributed by atoms with E-state index in [-0.39, 0.29) is 11.8 Å². The van der Waals surface area contributed by atoms with Crippen molar-refractivity contribution >= 4 is 52.1 Å². The van der Waals surface area contributed by atoms with Gasteiger partial charge in [-0.25, -0.2) is 4.99 Å². The summed E-state index contributed by atoms with van der Waals surface area (Å²) in [5.74, 6) is -0.151. The van der Waals surface area contributed by atoms with Crippen LogP contribution < -0.4 is 0 Å². The van der Waals surface area contributed by atoms with Crippen LogP contribution in [0.15, 0.2) is 58.4 Å². The zero-order chi connectivity index (χ0) is 21.1. The molecular formula is C22H20ClN3O3S. The van der Waals surface area contributed by atoms with Crippen LogP contribution in [0, 0.1) is 0 Å². The maximum absolute atomic E-state index is 12.7. The molecule has 0 atom stereocenters. The molecule has 8 heteroatoms. The first-order chi connectivity index (χ1) is 14.5. The van der Waals surface area contributed by atoms with Gasteiger partial charge in [0.1, 0.15) is 0 Å². The molecule has 4 rings (SSSR count). The van der Waals surface area contributed by atoms with Gasteiger partial charge in [0.05, 0.1) is 23.8 Å². The highest BCUT2D eigenvalue weighted by molar-refractivity contribution is 8.18. The highest BCUT2D eigenvalue weighted by Gasteiger charge is 2.30. The fourth-order valence-corrected chi connectivity index (χ4v) is 4.24. The van der Waals surface area contributed by atoms with Crippen LogP contribution in [0.3, 0.4) is 0 Å². The normalized spacial score (nSPS) is 19.7. The number of carbonyl (C=O) groups is 2. The number of likely N-dealkylation sites (N-methyl/N-ethyl adjacent to an activating group) is 1. The van der Waals surface area contributed by atoms with Gasteiger partial charge in [0.25, 0.3) is 11.8 Å². The standard InChI is InChI=1S/C22H20ClN3O3S/c1-25-21(28)19(13-15-5-7-17(23)8-6-15)30-22(25)24-18-4-2-3-16(14-18)20(27)26-9-11-29-12-10-26/h2-8,13-14H,9-12H2,1H3/b19-13+,24-22?. The molecule has 0 radical (unpaired) electrons. The lowest BCUT2D eigenvalue weighted by Crippen LogP contribution is -2.40. The fourth-order valence-electron chi connectivity index (χ4n) is 3.13. The van der Waals surface area contributed by atoms with Gasteiger partial charge >= 0.3 is 0 Å². The molecule has 2 aliphatic rings. The minimum Gasteiger partial charge on any atom is -0.378 e. The molecule has 0 unspecified atom stereocenters. The smallest absolute Gasteiger partial charge is 0.266 e. The molecule has 30 heavy (non-hydrogen) atoms. The lowest BCUT2D eigenvalue weighted by Gasteiger charge is -2.26. The summed E-state index contributed by atoms with van der Waals surface area (Å²) in [7, 11) is 1.69. The monoisotopic (exact) mass is 441 g/mol. The average molecular weight is 442 g/mol. The number of morpholine rings is 1. The van der Waals surface area contributed by atoms with Crippen molar-refractivity contribution in [2.24, 2.45) is 4.99 Å². The highest BCUT2D eigenvalue weighted by atomic mass is 35.5. The van der Waals surface area contributed by atoms with Crippen LogP contribution in [-0.4, -0.2) is 60.1 Å². The van der Waals surface area contributed by atoms with Crippen LogP contribution in [0.25, 0.3) is 6.08 Å². The number of rotatable bonds is 3. The molecule has 2 aromatic carbocycles. The molecular weight excluding hydrogens is 422 g/mol. The minimum atomic E-state index is -0.116. The first-order valence-corrected chi connectivity index (χ1v) is 10.7. The van der Waals surface area contributed by atoms with Crippen LogP contribution in [0.2, 0.25) is 5.02 Å². The van der Waals surface area contributed by atoms with E-state index in [1.54, 1.807) is 42.3 Å². The van der Waals surface area contributed by atoms with E-state index in [9.17, 15) is 9.59 Å². The van der Waals surface area contributed by atoms with Crippen molar-refractivity contribution in [1.82, 2.24) is 9.80 Å². The van der Waals surface area contributed by atoms with Gasteiger partial charge in [-0.2, -0.15) is 0 Å². The van der Waals surface area contributed by atoms with E-state index in [1.165, 1.54) is 16.7 Å². The molecule has 0 aromatic heterocycles. The lowest BCUT2D eigenvalue weighted by molar-refractivity contribution is -0.121. The van der Waals surface area contributed by atoms with Crippen LogP contribution in [-0.2, 0) is 9.53 Å². The van der Waals surface area contributed by atoms with E-state index in [0.29, 0.717) is 52.6 Å².